The largest absolute Gasteiger partial charge is 0.466 e. The van der Waals surface area contributed by atoms with E-state index in [1.807, 2.05) is 61.5 Å². The predicted molar refractivity (Wildman–Crippen MR) is 124 cm³/mol. The van der Waals surface area contributed by atoms with Crippen molar-refractivity contribution in [2.45, 2.75) is 6.92 Å². The van der Waals surface area contributed by atoms with Crippen molar-refractivity contribution in [3.63, 3.8) is 0 Å². The van der Waals surface area contributed by atoms with Gasteiger partial charge in [-0.05, 0) is 19.1 Å². The zero-order chi connectivity index (χ0) is 22.7. The van der Waals surface area contributed by atoms with Gasteiger partial charge in [-0.1, -0.05) is 42.5 Å². The summed E-state index contributed by atoms with van der Waals surface area (Å²) in [6, 6.07) is 17.6. The highest BCUT2D eigenvalue weighted by Crippen LogP contribution is 2.34. The number of aromatic nitrogens is 1. The highest BCUT2D eigenvalue weighted by atomic mass is 32.1. The molecule has 164 valence electrons. The van der Waals surface area contributed by atoms with Gasteiger partial charge in [0.2, 0.25) is 0 Å². The summed E-state index contributed by atoms with van der Waals surface area (Å²) in [5, 5.41) is 13.2. The lowest BCUT2D eigenvalue weighted by atomic mass is 10.1. The van der Waals surface area contributed by atoms with Crippen LogP contribution in [-0.4, -0.2) is 53.7 Å². The SMILES string of the molecule is COC(=O)C1=C(Nc2cccc(-c3nc(-c4ccccc4)c(C)s3)c2)C(=O)N(CCO)C1. The Morgan fingerprint density at radius 1 is 1.19 bits per heavy atom. The number of thiazole rings is 1. The molecular formula is C24H23N3O4S. The van der Waals surface area contributed by atoms with Gasteiger partial charge >= 0.3 is 5.97 Å². The Bertz CT molecular complexity index is 1190. The molecule has 32 heavy (non-hydrogen) atoms. The van der Waals surface area contributed by atoms with Gasteiger partial charge in [0.05, 0.1) is 31.5 Å². The number of aliphatic hydroxyl groups excluding tert-OH is 1. The number of rotatable bonds is 7. The second kappa shape index (κ2) is 9.33. The summed E-state index contributed by atoms with van der Waals surface area (Å²) in [7, 11) is 1.28. The van der Waals surface area contributed by atoms with Crippen LogP contribution >= 0.6 is 11.3 Å². The van der Waals surface area contributed by atoms with Crippen LogP contribution in [0.4, 0.5) is 5.69 Å². The minimum atomic E-state index is -0.569. The van der Waals surface area contributed by atoms with Gasteiger partial charge < -0.3 is 20.1 Å². The van der Waals surface area contributed by atoms with Gasteiger partial charge in [-0.2, -0.15) is 0 Å². The monoisotopic (exact) mass is 449 g/mol. The Balaban J connectivity index is 1.64. The number of amides is 1. The van der Waals surface area contributed by atoms with Crippen LogP contribution in [0.3, 0.4) is 0 Å². The Labute approximate surface area is 190 Å². The van der Waals surface area contributed by atoms with Crippen LogP contribution < -0.4 is 5.32 Å². The lowest BCUT2D eigenvalue weighted by molar-refractivity contribution is -0.136. The molecule has 1 aliphatic heterocycles. The molecule has 2 heterocycles. The molecule has 0 fully saturated rings. The van der Waals surface area contributed by atoms with Crippen LogP contribution in [0.1, 0.15) is 4.88 Å². The van der Waals surface area contributed by atoms with Crippen molar-refractivity contribution in [2.24, 2.45) is 0 Å². The summed E-state index contributed by atoms with van der Waals surface area (Å²) in [6.07, 6.45) is 0. The number of esters is 1. The number of anilines is 1. The Kier molecular flexibility index (Phi) is 6.34. The van der Waals surface area contributed by atoms with E-state index in [4.69, 9.17) is 9.72 Å². The second-order valence-electron chi connectivity index (χ2n) is 7.29. The first-order chi connectivity index (χ1) is 15.5. The molecule has 0 atom stereocenters. The van der Waals surface area contributed by atoms with E-state index in [2.05, 4.69) is 5.32 Å². The zero-order valence-electron chi connectivity index (χ0n) is 17.8. The molecule has 8 heteroatoms. The maximum Gasteiger partial charge on any atom is 0.337 e. The molecular weight excluding hydrogens is 426 g/mol. The van der Waals surface area contributed by atoms with Crippen LogP contribution in [0.25, 0.3) is 21.8 Å². The average Bonchev–Trinajstić information content (AvgIpc) is 3.35. The number of aryl methyl sites for hydroxylation is 1. The minimum Gasteiger partial charge on any atom is -0.466 e. The number of carbonyl (C=O) groups is 2. The molecule has 4 rings (SSSR count). The van der Waals surface area contributed by atoms with Crippen molar-refractivity contribution in [3.05, 3.63) is 70.7 Å². The van der Waals surface area contributed by atoms with E-state index in [0.717, 1.165) is 26.7 Å². The maximum atomic E-state index is 12.8. The molecule has 7 nitrogen and oxygen atoms in total. The third-order valence-electron chi connectivity index (χ3n) is 5.18. The first-order valence-corrected chi connectivity index (χ1v) is 11.0. The van der Waals surface area contributed by atoms with Crippen molar-refractivity contribution in [3.8, 4) is 21.8 Å². The second-order valence-corrected chi connectivity index (χ2v) is 8.49. The molecule has 2 aromatic carbocycles. The highest BCUT2D eigenvalue weighted by molar-refractivity contribution is 7.15. The zero-order valence-corrected chi connectivity index (χ0v) is 18.6. The highest BCUT2D eigenvalue weighted by Gasteiger charge is 2.34. The standard InChI is InChI=1S/C24H23N3O4S/c1-15-20(16-7-4-3-5-8-16)26-22(32-15)17-9-6-10-18(13-17)25-21-19(24(30)31-2)14-27(11-12-28)23(21)29/h3-10,13,25,28H,11-12,14H2,1-2H3. The summed E-state index contributed by atoms with van der Waals surface area (Å²) in [6.45, 7) is 2.10. The third-order valence-corrected chi connectivity index (χ3v) is 6.20. The molecule has 1 amide bonds. The van der Waals surface area contributed by atoms with E-state index in [0.29, 0.717) is 5.69 Å². The molecule has 0 saturated heterocycles. The number of nitrogens with zero attached hydrogens (tertiary/aromatic N) is 2. The summed E-state index contributed by atoms with van der Waals surface area (Å²) >= 11 is 1.60. The quantitative estimate of drug-likeness (QED) is 0.537. The molecule has 0 aliphatic carbocycles. The van der Waals surface area contributed by atoms with Crippen molar-refractivity contribution in [2.75, 3.05) is 32.1 Å². The molecule has 0 radical (unpaired) electrons. The normalized spacial score (nSPS) is 13.6. The molecule has 0 unspecified atom stereocenters. The molecule has 0 bridgehead atoms. The minimum absolute atomic E-state index is 0.0974. The molecule has 0 saturated carbocycles. The fourth-order valence-electron chi connectivity index (χ4n) is 3.61. The number of nitrogens with one attached hydrogen (secondary N) is 1. The number of hydrogen-bond donors (Lipinski definition) is 2. The van der Waals surface area contributed by atoms with E-state index >= 15 is 0 Å². The van der Waals surface area contributed by atoms with Crippen LogP contribution in [0, 0.1) is 6.92 Å². The number of carbonyl (C=O) groups excluding carboxylic acids is 2. The van der Waals surface area contributed by atoms with Gasteiger partial charge in [0.15, 0.2) is 0 Å². The summed E-state index contributed by atoms with van der Waals surface area (Å²) in [5.74, 6) is -0.915. The van der Waals surface area contributed by atoms with Gasteiger partial charge in [-0.3, -0.25) is 4.79 Å². The van der Waals surface area contributed by atoms with Crippen molar-refractivity contribution in [1.82, 2.24) is 9.88 Å². The van der Waals surface area contributed by atoms with Gasteiger partial charge in [-0.25, -0.2) is 9.78 Å². The smallest absolute Gasteiger partial charge is 0.337 e. The van der Waals surface area contributed by atoms with E-state index in [1.54, 1.807) is 11.3 Å². The first-order valence-electron chi connectivity index (χ1n) is 10.1. The summed E-state index contributed by atoms with van der Waals surface area (Å²) in [4.78, 5) is 32.3. The Morgan fingerprint density at radius 3 is 2.66 bits per heavy atom. The van der Waals surface area contributed by atoms with Crippen LogP contribution in [-0.2, 0) is 14.3 Å². The van der Waals surface area contributed by atoms with Gasteiger partial charge in [0.25, 0.3) is 5.91 Å². The van der Waals surface area contributed by atoms with E-state index in [9.17, 15) is 14.7 Å². The topological polar surface area (TPSA) is 91.8 Å². The Morgan fingerprint density at radius 2 is 1.94 bits per heavy atom. The van der Waals surface area contributed by atoms with Crippen molar-refractivity contribution >= 4 is 28.9 Å². The third kappa shape index (κ3) is 4.28. The van der Waals surface area contributed by atoms with Crippen LogP contribution in [0.2, 0.25) is 0 Å². The van der Waals surface area contributed by atoms with Gasteiger partial charge in [0.1, 0.15) is 10.7 Å². The fourth-order valence-corrected chi connectivity index (χ4v) is 4.54. The number of ether oxygens (including phenoxy) is 1. The predicted octanol–water partition coefficient (Wildman–Crippen LogP) is 3.46. The van der Waals surface area contributed by atoms with E-state index in [1.165, 1.54) is 12.0 Å². The lowest BCUT2D eigenvalue weighted by Crippen LogP contribution is -2.31. The number of methoxy groups -OCH3 is 1. The van der Waals surface area contributed by atoms with Crippen LogP contribution in [0.15, 0.2) is 65.9 Å². The van der Waals surface area contributed by atoms with E-state index in [-0.39, 0.29) is 36.9 Å². The maximum absolute atomic E-state index is 12.8. The molecule has 1 aromatic heterocycles. The summed E-state index contributed by atoms with van der Waals surface area (Å²) < 4.78 is 4.84. The fraction of sp³-hybridized carbons (Fsp3) is 0.208. The van der Waals surface area contributed by atoms with E-state index < -0.39 is 5.97 Å². The van der Waals surface area contributed by atoms with Crippen molar-refractivity contribution < 1.29 is 19.4 Å². The number of benzene rings is 2. The number of hydrogen-bond acceptors (Lipinski definition) is 7. The first kappa shape index (κ1) is 21.7. The van der Waals surface area contributed by atoms with Crippen LogP contribution in [0.5, 0.6) is 0 Å². The molecule has 0 spiro atoms. The number of β-amino-alcohol motifs (C(OH)–C–C–N with tert-alkyl or cyclic N) is 1. The summed E-state index contributed by atoms with van der Waals surface area (Å²) in [5.41, 5.74) is 3.99. The molecule has 3 aromatic rings. The molecule has 2 N–H and O–H groups in total. The lowest BCUT2D eigenvalue weighted by Gasteiger charge is -2.15. The Hall–Kier alpha value is -3.49. The van der Waals surface area contributed by atoms with Gasteiger partial charge in [-0.15, -0.1) is 11.3 Å². The van der Waals surface area contributed by atoms with Gasteiger partial charge in [0, 0.05) is 28.2 Å². The molecule has 1 aliphatic rings. The van der Waals surface area contributed by atoms with Crippen molar-refractivity contribution in [1.29, 1.82) is 0 Å². The number of aliphatic hydroxyl groups is 1. The average molecular weight is 450 g/mol.